The fourth-order valence-corrected chi connectivity index (χ4v) is 0.282. The van der Waals surface area contributed by atoms with Gasteiger partial charge in [-0.1, -0.05) is 0 Å². The number of amides is 1. The quantitative estimate of drug-likeness (QED) is 0.407. The van der Waals surface area contributed by atoms with E-state index in [2.05, 4.69) is 10.7 Å². The number of rotatable bonds is 2. The van der Waals surface area contributed by atoms with E-state index in [1.165, 1.54) is 4.72 Å². The number of hydrogen-bond acceptors (Lipinski definition) is 3. The van der Waals surface area contributed by atoms with Crippen LogP contribution in [-0.4, -0.2) is 14.8 Å². The first-order chi connectivity index (χ1) is 3.06. The zero-order valence-electron chi connectivity index (χ0n) is 3.09. The molecule has 0 spiro atoms. The van der Waals surface area contributed by atoms with Crippen LogP contribution in [0.2, 0.25) is 0 Å². The summed E-state index contributed by atoms with van der Waals surface area (Å²) in [5.74, 6) is 0. The molecule has 0 bridgehead atoms. The number of halogens is 1. The minimum Gasteiger partial charge on any atom is -0.278 e. The van der Waals surface area contributed by atoms with E-state index >= 15 is 0 Å². The normalized spacial score (nSPS) is 10.4. The van der Waals surface area contributed by atoms with Crippen LogP contribution in [0.3, 0.4) is 0 Å². The van der Waals surface area contributed by atoms with Crippen molar-refractivity contribution in [3.05, 3.63) is 0 Å². The highest BCUT2D eigenvalue weighted by atomic mass is 35.7. The van der Waals surface area contributed by atoms with Crippen molar-refractivity contribution in [2.45, 2.75) is 0 Å². The molecule has 4 nitrogen and oxygen atoms in total. The molecule has 0 saturated carbocycles. The first kappa shape index (κ1) is 6.71. The van der Waals surface area contributed by atoms with Crippen LogP contribution < -0.4 is 4.72 Å². The number of carbonyl (C=O) groups excluding carboxylic acids is 1. The first-order valence-electron chi connectivity index (χ1n) is 1.22. The van der Waals surface area contributed by atoms with Crippen molar-refractivity contribution in [1.29, 1.82) is 0 Å². The molecule has 1 amide bonds. The van der Waals surface area contributed by atoms with Gasteiger partial charge in [-0.15, -0.1) is 0 Å². The third-order valence-corrected chi connectivity index (χ3v) is 0.834. The lowest BCUT2D eigenvalue weighted by molar-refractivity contribution is -0.108. The summed E-state index contributed by atoms with van der Waals surface area (Å²) >= 11 is 0. The Kier molecular flexibility index (Phi) is 2.04. The van der Waals surface area contributed by atoms with Gasteiger partial charge in [0.25, 0.3) is 0 Å². The van der Waals surface area contributed by atoms with Gasteiger partial charge >= 0.3 is 9.24 Å². The van der Waals surface area contributed by atoms with Crippen LogP contribution in [0.4, 0.5) is 0 Å². The van der Waals surface area contributed by atoms with E-state index in [0.29, 0.717) is 0 Å². The molecule has 6 heteroatoms. The Hall–Kier alpha value is -0.290. The van der Waals surface area contributed by atoms with Crippen LogP contribution in [0.1, 0.15) is 0 Å². The molecule has 0 aromatic rings. The lowest BCUT2D eigenvalue weighted by atomic mass is 11.5. The zero-order valence-corrected chi connectivity index (χ0v) is 4.66. The molecule has 7 heavy (non-hydrogen) atoms. The molecule has 0 aliphatic carbocycles. The van der Waals surface area contributed by atoms with Crippen LogP contribution in [0.5, 0.6) is 0 Å². The van der Waals surface area contributed by atoms with Crippen molar-refractivity contribution in [3.63, 3.8) is 0 Å². The molecule has 0 unspecified atom stereocenters. The molecule has 0 heterocycles. The molecule has 0 rings (SSSR count). The Morgan fingerprint density at radius 2 is 2.00 bits per heavy atom. The van der Waals surface area contributed by atoms with E-state index in [0.717, 1.165) is 0 Å². The zero-order chi connectivity index (χ0) is 5.91. The Balaban J connectivity index is 3.84. The van der Waals surface area contributed by atoms with Crippen molar-refractivity contribution < 1.29 is 13.2 Å². The topological polar surface area (TPSA) is 63.2 Å². The molecule has 42 valence electrons. The van der Waals surface area contributed by atoms with Gasteiger partial charge in [0.1, 0.15) is 0 Å². The molecule has 0 radical (unpaired) electrons. The average Bonchev–Trinajstić information content (AvgIpc) is 1.30. The molecule has 0 aromatic carbocycles. The highest BCUT2D eigenvalue weighted by molar-refractivity contribution is 8.12. The molecular formula is CH2ClNO3S. The Labute approximate surface area is 45.0 Å². The maximum atomic E-state index is 9.65. The van der Waals surface area contributed by atoms with Crippen molar-refractivity contribution >= 4 is 26.3 Å². The van der Waals surface area contributed by atoms with Crippen molar-refractivity contribution in [2.75, 3.05) is 0 Å². The highest BCUT2D eigenvalue weighted by Gasteiger charge is 1.96. The van der Waals surface area contributed by atoms with Gasteiger partial charge in [0.2, 0.25) is 6.41 Å². The predicted octanol–water partition coefficient (Wildman–Crippen LogP) is -0.784. The van der Waals surface area contributed by atoms with Gasteiger partial charge in [-0.3, -0.25) is 4.79 Å². The van der Waals surface area contributed by atoms with E-state index in [-0.39, 0.29) is 6.41 Å². The average molecular weight is 144 g/mol. The second-order valence-electron chi connectivity index (χ2n) is 0.674. The summed E-state index contributed by atoms with van der Waals surface area (Å²) < 4.78 is 20.7. The van der Waals surface area contributed by atoms with E-state index in [9.17, 15) is 13.2 Å². The fourth-order valence-electron chi connectivity index (χ4n) is 0.0575. The van der Waals surface area contributed by atoms with Gasteiger partial charge in [0, 0.05) is 10.7 Å². The second-order valence-corrected chi connectivity index (χ2v) is 3.00. The van der Waals surface area contributed by atoms with Gasteiger partial charge in [-0.2, -0.15) is 8.42 Å². The summed E-state index contributed by atoms with van der Waals surface area (Å²) in [7, 11) is 0.643. The van der Waals surface area contributed by atoms with Gasteiger partial charge in [0.05, 0.1) is 0 Å². The van der Waals surface area contributed by atoms with Gasteiger partial charge in [0.15, 0.2) is 0 Å². The number of hydrogen-bond donors (Lipinski definition) is 1. The summed E-state index contributed by atoms with van der Waals surface area (Å²) in [5, 5.41) is 0. The summed E-state index contributed by atoms with van der Waals surface area (Å²) in [4.78, 5) is 9.25. The van der Waals surface area contributed by atoms with Crippen LogP contribution in [-0.2, 0) is 14.0 Å². The molecule has 0 fully saturated rings. The van der Waals surface area contributed by atoms with Gasteiger partial charge in [-0.25, -0.2) is 4.72 Å². The standard InChI is InChI=1S/CH2ClNO3S/c2-7(5,6)3-1-4/h1H,(H,3,4). The minimum atomic E-state index is -3.82. The Bertz CT molecular complexity index is 148. The van der Waals surface area contributed by atoms with Gasteiger partial charge < -0.3 is 0 Å². The fraction of sp³-hybridized carbons (Fsp3) is 0. The number of carbonyl (C=O) groups is 1. The third-order valence-electron chi connectivity index (χ3n) is 0.189. The van der Waals surface area contributed by atoms with Crippen molar-refractivity contribution in [3.8, 4) is 0 Å². The number of nitrogens with one attached hydrogen (secondary N) is 1. The molecule has 0 atom stereocenters. The van der Waals surface area contributed by atoms with Crippen LogP contribution in [0.25, 0.3) is 0 Å². The van der Waals surface area contributed by atoms with E-state index in [4.69, 9.17) is 0 Å². The molecular weight excluding hydrogens is 142 g/mol. The molecule has 0 aromatic heterocycles. The van der Waals surface area contributed by atoms with Crippen LogP contribution >= 0.6 is 10.7 Å². The van der Waals surface area contributed by atoms with E-state index < -0.39 is 9.24 Å². The minimum absolute atomic E-state index is 0.0116. The molecule has 0 aliphatic heterocycles. The van der Waals surface area contributed by atoms with Crippen LogP contribution in [0, 0.1) is 0 Å². The maximum Gasteiger partial charge on any atom is 0.321 e. The smallest absolute Gasteiger partial charge is 0.278 e. The Morgan fingerprint density at radius 3 is 2.00 bits per heavy atom. The van der Waals surface area contributed by atoms with E-state index in [1.54, 1.807) is 0 Å². The summed E-state index contributed by atoms with van der Waals surface area (Å²) in [6.45, 7) is 0. The lowest BCUT2D eigenvalue weighted by Gasteiger charge is -1.82. The Morgan fingerprint density at radius 1 is 1.57 bits per heavy atom. The van der Waals surface area contributed by atoms with E-state index in [1.807, 2.05) is 0 Å². The summed E-state index contributed by atoms with van der Waals surface area (Å²) in [6.07, 6.45) is -0.0116. The van der Waals surface area contributed by atoms with Crippen molar-refractivity contribution in [2.24, 2.45) is 0 Å². The van der Waals surface area contributed by atoms with Gasteiger partial charge in [-0.05, 0) is 0 Å². The highest BCUT2D eigenvalue weighted by Crippen LogP contribution is 1.83. The third kappa shape index (κ3) is 5.71. The lowest BCUT2D eigenvalue weighted by Crippen LogP contribution is -2.14. The van der Waals surface area contributed by atoms with Crippen LogP contribution in [0.15, 0.2) is 0 Å². The molecule has 0 saturated heterocycles. The monoisotopic (exact) mass is 143 g/mol. The summed E-state index contributed by atoms with van der Waals surface area (Å²) in [6, 6.07) is 0. The molecule has 1 N–H and O–H groups in total. The largest absolute Gasteiger partial charge is 0.321 e. The predicted molar refractivity (Wildman–Crippen MR) is 24.0 cm³/mol. The SMILES string of the molecule is O=CNS(=O)(=O)Cl. The molecule has 0 aliphatic rings. The first-order valence-corrected chi connectivity index (χ1v) is 3.53. The summed E-state index contributed by atoms with van der Waals surface area (Å²) in [5.41, 5.74) is 0. The second kappa shape index (κ2) is 2.13. The van der Waals surface area contributed by atoms with Crippen molar-refractivity contribution in [1.82, 2.24) is 4.72 Å². The maximum absolute atomic E-state index is 9.65.